The molecule has 2 aromatic heterocycles. The van der Waals surface area contributed by atoms with Gasteiger partial charge in [-0.3, -0.25) is 10.2 Å². The first-order chi connectivity index (χ1) is 16.3. The molecule has 34 heavy (non-hydrogen) atoms. The lowest BCUT2D eigenvalue weighted by Crippen LogP contribution is -2.55. The van der Waals surface area contributed by atoms with Crippen molar-refractivity contribution in [1.82, 2.24) is 14.9 Å². The summed E-state index contributed by atoms with van der Waals surface area (Å²) in [6.45, 7) is 8.68. The number of nitrogens with two attached hydrogens (primary N) is 1. The van der Waals surface area contributed by atoms with Crippen molar-refractivity contribution in [2.75, 3.05) is 42.6 Å². The molecule has 1 amide bonds. The Morgan fingerprint density at radius 1 is 1.29 bits per heavy atom. The molecule has 4 heterocycles. The minimum absolute atomic E-state index is 0.0151. The van der Waals surface area contributed by atoms with E-state index >= 15 is 4.39 Å². The molecule has 0 unspecified atom stereocenters. The van der Waals surface area contributed by atoms with Gasteiger partial charge in [-0.25, -0.2) is 19.2 Å². The molecular weight excluding hydrogens is 439 g/mol. The van der Waals surface area contributed by atoms with Crippen LogP contribution in [0.25, 0.3) is 21.9 Å². The van der Waals surface area contributed by atoms with Crippen molar-refractivity contribution in [3.8, 4) is 17.0 Å². The Balaban J connectivity index is 1.42. The molecule has 3 aromatic rings. The Kier molecular flexibility index (Phi) is 5.60. The topological polar surface area (TPSA) is 115 Å². The first-order valence-electron chi connectivity index (χ1n) is 11.3. The molecule has 1 aromatic carbocycles. The zero-order chi connectivity index (χ0) is 24.0. The van der Waals surface area contributed by atoms with Gasteiger partial charge in [-0.1, -0.05) is 0 Å². The first-order valence-corrected chi connectivity index (χ1v) is 11.3. The van der Waals surface area contributed by atoms with Crippen LogP contribution in [-0.2, 0) is 4.74 Å². The molecule has 1 fully saturated rings. The van der Waals surface area contributed by atoms with Gasteiger partial charge >= 0.3 is 6.09 Å². The number of nitrogens with zero attached hydrogens (tertiary/aromatic N) is 3. The van der Waals surface area contributed by atoms with Crippen molar-refractivity contribution >= 4 is 34.1 Å². The molecule has 2 aliphatic rings. The largest absolute Gasteiger partial charge is 0.474 e. The van der Waals surface area contributed by atoms with E-state index in [0.717, 1.165) is 11.3 Å². The number of hydrogen-bond donors (Lipinski definition) is 3. The average molecular weight is 467 g/mol. The highest BCUT2D eigenvalue weighted by Gasteiger charge is 2.31. The number of halogens is 1. The van der Waals surface area contributed by atoms with Crippen LogP contribution < -0.4 is 21.1 Å². The molecule has 9 nitrogen and oxygen atoms in total. The molecule has 0 spiro atoms. The number of rotatable bonds is 4. The van der Waals surface area contributed by atoms with Crippen molar-refractivity contribution < 1.29 is 18.7 Å². The van der Waals surface area contributed by atoms with E-state index in [2.05, 4.69) is 39.3 Å². The molecule has 10 heteroatoms. The predicted molar refractivity (Wildman–Crippen MR) is 129 cm³/mol. The summed E-state index contributed by atoms with van der Waals surface area (Å²) >= 11 is 0. The zero-order valence-electron chi connectivity index (χ0n) is 19.3. The van der Waals surface area contributed by atoms with E-state index in [1.165, 1.54) is 6.20 Å². The summed E-state index contributed by atoms with van der Waals surface area (Å²) in [5, 5.41) is 7.01. The Bertz CT molecular complexity index is 1280. The van der Waals surface area contributed by atoms with Crippen LogP contribution in [-0.4, -0.2) is 59.3 Å². The molecule has 0 saturated carbocycles. The van der Waals surface area contributed by atoms with Gasteiger partial charge in [-0.15, -0.1) is 0 Å². The smallest absolute Gasteiger partial charge is 0.413 e. The molecule has 178 valence electrons. The van der Waals surface area contributed by atoms with Gasteiger partial charge in [-0.05, 0) is 43.9 Å². The van der Waals surface area contributed by atoms with Gasteiger partial charge in [0.1, 0.15) is 24.2 Å². The third-order valence-electron chi connectivity index (χ3n) is 6.35. The lowest BCUT2D eigenvalue weighted by Gasteiger charge is -2.40. The zero-order valence-corrected chi connectivity index (χ0v) is 19.3. The second kappa shape index (κ2) is 8.60. The number of fused-ring (bicyclic) bond motifs is 2. The van der Waals surface area contributed by atoms with Crippen molar-refractivity contribution in [2.45, 2.75) is 32.9 Å². The van der Waals surface area contributed by atoms with E-state index in [0.29, 0.717) is 65.9 Å². The summed E-state index contributed by atoms with van der Waals surface area (Å²) in [6.07, 6.45) is 2.32. The number of amides is 1. The Hall–Kier alpha value is -3.66. The van der Waals surface area contributed by atoms with Crippen molar-refractivity contribution in [3.05, 3.63) is 35.9 Å². The number of anilines is 3. The number of nitrogens with one attached hydrogen (secondary N) is 2. The number of hydrogen-bond acceptors (Lipinski definition) is 8. The second-order valence-electron chi connectivity index (χ2n) is 8.89. The van der Waals surface area contributed by atoms with Gasteiger partial charge in [0, 0.05) is 54.6 Å². The highest BCUT2D eigenvalue weighted by atomic mass is 19.1. The van der Waals surface area contributed by atoms with Crippen LogP contribution in [0.1, 0.15) is 19.4 Å². The van der Waals surface area contributed by atoms with Crippen LogP contribution in [0, 0.1) is 12.7 Å². The standard InChI is InChI=1S/C24H27FN6O3/c1-12(2)31-10-15(11-31)34-24(32)30-19-7-14-6-16(20(25)21(26)18(14)9-28-19)17-8-29-23-22(13(17)3)27-4-5-33-23/h6-9,12,15,27H,4-5,10-11,26H2,1-3H3,(H,28,30,32). The molecule has 5 rings (SSSR count). The van der Waals surface area contributed by atoms with E-state index < -0.39 is 11.9 Å². The SMILES string of the molecule is Cc1c(-c2cc3cc(NC(=O)OC4CN(C(C)C)C4)ncc3c(N)c2F)cnc2c1NCCO2. The molecule has 0 radical (unpaired) electrons. The number of aromatic nitrogens is 2. The minimum Gasteiger partial charge on any atom is -0.474 e. The molecule has 0 atom stereocenters. The maximum Gasteiger partial charge on any atom is 0.413 e. The lowest BCUT2D eigenvalue weighted by molar-refractivity contribution is -0.0234. The highest BCUT2D eigenvalue weighted by Crippen LogP contribution is 2.39. The van der Waals surface area contributed by atoms with Crippen LogP contribution in [0.5, 0.6) is 5.88 Å². The third kappa shape index (κ3) is 3.94. The number of pyridine rings is 2. The van der Waals surface area contributed by atoms with Crippen LogP contribution in [0.4, 0.5) is 26.4 Å². The Labute approximate surface area is 196 Å². The van der Waals surface area contributed by atoms with Crippen molar-refractivity contribution in [3.63, 3.8) is 0 Å². The number of carbonyl (C=O) groups is 1. The fraction of sp³-hybridized carbons (Fsp3) is 0.375. The van der Waals surface area contributed by atoms with E-state index in [4.69, 9.17) is 15.2 Å². The number of likely N-dealkylation sites (tertiary alicyclic amines) is 1. The summed E-state index contributed by atoms with van der Waals surface area (Å²) in [7, 11) is 0. The van der Waals surface area contributed by atoms with Gasteiger partial charge in [0.15, 0.2) is 5.82 Å². The number of carbonyl (C=O) groups excluding carboxylic acids is 1. The van der Waals surface area contributed by atoms with Gasteiger partial charge < -0.3 is 20.5 Å². The summed E-state index contributed by atoms with van der Waals surface area (Å²) in [5.41, 5.74) is 8.59. The molecular formula is C24H27FN6O3. The first kappa shape index (κ1) is 22.1. The van der Waals surface area contributed by atoms with Crippen molar-refractivity contribution in [1.29, 1.82) is 0 Å². The molecule has 2 aliphatic heterocycles. The van der Waals surface area contributed by atoms with E-state index in [-0.39, 0.29) is 11.8 Å². The van der Waals surface area contributed by atoms with Crippen LogP contribution in [0.2, 0.25) is 0 Å². The minimum atomic E-state index is -0.573. The van der Waals surface area contributed by atoms with Crippen LogP contribution >= 0.6 is 0 Å². The fourth-order valence-electron chi connectivity index (χ4n) is 4.31. The Morgan fingerprint density at radius 2 is 2.09 bits per heavy atom. The average Bonchev–Trinajstić information content (AvgIpc) is 2.79. The van der Waals surface area contributed by atoms with Gasteiger partial charge in [-0.2, -0.15) is 0 Å². The maximum atomic E-state index is 15.3. The maximum absolute atomic E-state index is 15.3. The third-order valence-corrected chi connectivity index (χ3v) is 6.35. The number of nitrogen functional groups attached to an aromatic ring is 1. The van der Waals surface area contributed by atoms with E-state index in [1.54, 1.807) is 18.3 Å². The summed E-state index contributed by atoms with van der Waals surface area (Å²) in [5.74, 6) is 0.249. The Morgan fingerprint density at radius 3 is 2.85 bits per heavy atom. The number of ether oxygens (including phenoxy) is 2. The highest BCUT2D eigenvalue weighted by molar-refractivity contribution is 5.99. The second-order valence-corrected chi connectivity index (χ2v) is 8.89. The normalized spacial score (nSPS) is 15.9. The monoisotopic (exact) mass is 466 g/mol. The quantitative estimate of drug-likeness (QED) is 0.498. The van der Waals surface area contributed by atoms with Gasteiger partial charge in [0.05, 0.1) is 5.69 Å². The summed E-state index contributed by atoms with van der Waals surface area (Å²) < 4.78 is 26.3. The van der Waals surface area contributed by atoms with Crippen LogP contribution in [0.15, 0.2) is 24.5 Å². The predicted octanol–water partition coefficient (Wildman–Crippen LogP) is 3.77. The van der Waals surface area contributed by atoms with Crippen LogP contribution in [0.3, 0.4) is 0 Å². The van der Waals surface area contributed by atoms with E-state index in [9.17, 15) is 4.79 Å². The summed E-state index contributed by atoms with van der Waals surface area (Å²) in [6, 6.07) is 3.76. The van der Waals surface area contributed by atoms with Crippen molar-refractivity contribution in [2.24, 2.45) is 0 Å². The lowest BCUT2D eigenvalue weighted by atomic mass is 9.97. The fourth-order valence-corrected chi connectivity index (χ4v) is 4.31. The summed E-state index contributed by atoms with van der Waals surface area (Å²) in [4.78, 5) is 23.1. The molecule has 0 aliphatic carbocycles. The van der Waals surface area contributed by atoms with Gasteiger partial charge in [0.2, 0.25) is 5.88 Å². The molecule has 0 bridgehead atoms. The number of benzene rings is 1. The van der Waals surface area contributed by atoms with E-state index in [1.807, 2.05) is 6.92 Å². The van der Waals surface area contributed by atoms with Gasteiger partial charge in [0.25, 0.3) is 0 Å². The molecule has 4 N–H and O–H groups in total. The molecule has 1 saturated heterocycles.